The molecule has 0 heterocycles. The number of aliphatic hydroxyl groups excluding tert-OH is 1. The monoisotopic (exact) mass is 306 g/mol. The molecule has 1 aromatic rings. The number of ether oxygens (including phenoxy) is 1. The number of aliphatic hydroxyl groups is 1. The Balaban J connectivity index is 0.00000324. The minimum absolute atomic E-state index is 0. The van der Waals surface area contributed by atoms with Crippen LogP contribution in [0.1, 0.15) is 11.7 Å². The van der Waals surface area contributed by atoms with Crippen LogP contribution in [0.25, 0.3) is 0 Å². The minimum atomic E-state index is -5.50. The first-order chi connectivity index (χ1) is 8.24. The first-order valence-corrected chi connectivity index (χ1v) is 6.33. The van der Waals surface area contributed by atoms with Crippen molar-refractivity contribution in [3.8, 4) is 0 Å². The van der Waals surface area contributed by atoms with Crippen LogP contribution in [0.15, 0.2) is 30.3 Å². The van der Waals surface area contributed by atoms with E-state index in [1.54, 1.807) is 30.3 Å². The van der Waals surface area contributed by atoms with Gasteiger partial charge in [0.1, 0.15) is 12.7 Å². The van der Waals surface area contributed by atoms with Crippen molar-refractivity contribution in [1.82, 2.24) is 0 Å². The number of hydrogen-bond acceptors (Lipinski definition) is 4. The Kier molecular flexibility index (Phi) is 7.59. The van der Waals surface area contributed by atoms with Crippen molar-refractivity contribution < 1.29 is 31.6 Å². The molecule has 0 bridgehead atoms. The first kappa shape index (κ1) is 18.9. The van der Waals surface area contributed by atoms with Crippen LogP contribution in [0.3, 0.4) is 0 Å². The summed E-state index contributed by atoms with van der Waals surface area (Å²) < 4.78 is 58.6. The van der Waals surface area contributed by atoms with E-state index in [1.165, 1.54) is 0 Å². The zero-order valence-corrected chi connectivity index (χ0v) is 9.98. The van der Waals surface area contributed by atoms with E-state index < -0.39 is 34.7 Å². The third-order valence-electron chi connectivity index (χ3n) is 2.11. The van der Waals surface area contributed by atoms with Gasteiger partial charge in [-0.25, -0.2) is 0 Å². The maximum atomic E-state index is 12.7. The Hall–Kier alpha value is -0.0900. The number of alkyl halides is 2. The molecule has 1 aromatic carbocycles. The molecule has 0 fully saturated rings. The van der Waals surface area contributed by atoms with E-state index in [0.717, 1.165) is 0 Å². The van der Waals surface area contributed by atoms with E-state index in [-0.39, 0.29) is 29.6 Å². The van der Waals surface area contributed by atoms with Gasteiger partial charge in [0.05, 0.1) is 6.61 Å². The van der Waals surface area contributed by atoms with Crippen LogP contribution < -0.4 is 0 Å². The Bertz CT molecular complexity index is 480. The zero-order valence-electron chi connectivity index (χ0n) is 9.16. The molecule has 2 N–H and O–H groups in total. The summed E-state index contributed by atoms with van der Waals surface area (Å²) in [7, 11) is -5.50. The molecule has 0 spiro atoms. The van der Waals surface area contributed by atoms with Gasteiger partial charge in [-0.05, 0) is 5.56 Å². The third kappa shape index (κ3) is 5.82. The standard InChI is InChI=1S/C10H12F2O5S.Na.H/c11-10(12,18(14,15)16)7-17-6-9(13)8-4-2-1-3-5-8;;/h1-5,9,13H,6-7H2,(H,14,15,16);;. The maximum absolute atomic E-state index is 12.7. The molecule has 19 heavy (non-hydrogen) atoms. The molecule has 1 atom stereocenters. The van der Waals surface area contributed by atoms with Crippen molar-refractivity contribution >= 4 is 39.7 Å². The van der Waals surface area contributed by atoms with Crippen molar-refractivity contribution in [3.63, 3.8) is 0 Å². The van der Waals surface area contributed by atoms with Gasteiger partial charge in [-0.1, -0.05) is 30.3 Å². The summed E-state index contributed by atoms with van der Waals surface area (Å²) in [6.07, 6.45) is -1.15. The summed E-state index contributed by atoms with van der Waals surface area (Å²) in [6, 6.07) is 8.13. The van der Waals surface area contributed by atoms with Gasteiger partial charge in [-0.3, -0.25) is 4.55 Å². The molecule has 5 nitrogen and oxygen atoms in total. The molecule has 1 unspecified atom stereocenters. The molecule has 0 aliphatic carbocycles. The Morgan fingerprint density at radius 2 is 1.79 bits per heavy atom. The average Bonchev–Trinajstić information content (AvgIpc) is 2.28. The molecule has 0 saturated heterocycles. The fourth-order valence-electron chi connectivity index (χ4n) is 1.14. The molecule has 0 aliphatic rings. The zero-order chi connectivity index (χ0) is 13.8. The molecule has 0 saturated carbocycles. The van der Waals surface area contributed by atoms with Gasteiger partial charge in [0.25, 0.3) is 0 Å². The Morgan fingerprint density at radius 3 is 2.26 bits per heavy atom. The van der Waals surface area contributed by atoms with Crippen molar-refractivity contribution in [2.24, 2.45) is 0 Å². The van der Waals surface area contributed by atoms with Gasteiger partial charge in [0, 0.05) is 0 Å². The van der Waals surface area contributed by atoms with Gasteiger partial charge < -0.3 is 9.84 Å². The van der Waals surface area contributed by atoms with Crippen molar-refractivity contribution in [2.75, 3.05) is 13.2 Å². The summed E-state index contributed by atoms with van der Waals surface area (Å²) in [5.41, 5.74) is 0.452. The number of benzene rings is 1. The van der Waals surface area contributed by atoms with Crippen molar-refractivity contribution in [2.45, 2.75) is 11.4 Å². The second-order valence-electron chi connectivity index (χ2n) is 3.55. The van der Waals surface area contributed by atoms with Crippen LogP contribution in [-0.2, 0) is 14.9 Å². The molecule has 1 rings (SSSR count). The van der Waals surface area contributed by atoms with Gasteiger partial charge in [-0.2, -0.15) is 17.2 Å². The molecule has 104 valence electrons. The predicted octanol–water partition coefficient (Wildman–Crippen LogP) is 0.569. The van der Waals surface area contributed by atoms with Gasteiger partial charge >= 0.3 is 44.9 Å². The van der Waals surface area contributed by atoms with E-state index >= 15 is 0 Å². The van der Waals surface area contributed by atoms with Crippen molar-refractivity contribution in [1.29, 1.82) is 0 Å². The fraction of sp³-hybridized carbons (Fsp3) is 0.400. The third-order valence-corrected chi connectivity index (χ3v) is 2.98. The Labute approximate surface area is 131 Å². The van der Waals surface area contributed by atoms with Crippen LogP contribution in [0.5, 0.6) is 0 Å². The summed E-state index contributed by atoms with van der Waals surface area (Å²) in [6.45, 7) is -2.02. The van der Waals surface area contributed by atoms with E-state index in [1.807, 2.05) is 0 Å². The van der Waals surface area contributed by atoms with E-state index in [0.29, 0.717) is 5.56 Å². The van der Waals surface area contributed by atoms with Crippen LogP contribution >= 0.6 is 0 Å². The fourth-order valence-corrected chi connectivity index (χ4v) is 1.37. The summed E-state index contributed by atoms with van der Waals surface area (Å²) in [5, 5.41) is 5.15. The number of rotatable bonds is 6. The van der Waals surface area contributed by atoms with E-state index in [9.17, 15) is 22.3 Å². The van der Waals surface area contributed by atoms with Crippen LogP contribution in [0.4, 0.5) is 8.78 Å². The number of hydrogen-bond donors (Lipinski definition) is 2. The summed E-state index contributed by atoms with van der Waals surface area (Å²) in [5.74, 6) is 0. The molecule has 0 aromatic heterocycles. The quantitative estimate of drug-likeness (QED) is 0.593. The molecular formula is C10H13F2NaO5S. The normalized spacial score (nSPS) is 13.7. The molecule has 0 amide bonds. The first-order valence-electron chi connectivity index (χ1n) is 4.89. The molecule has 0 aliphatic heterocycles. The number of halogens is 2. The summed E-state index contributed by atoms with van der Waals surface area (Å²) >= 11 is 0. The van der Waals surface area contributed by atoms with Crippen LogP contribution in [0, 0.1) is 0 Å². The van der Waals surface area contributed by atoms with Crippen LogP contribution in [0.2, 0.25) is 0 Å². The molecule has 0 radical (unpaired) electrons. The Morgan fingerprint density at radius 1 is 1.26 bits per heavy atom. The topological polar surface area (TPSA) is 83.8 Å². The van der Waals surface area contributed by atoms with Gasteiger partial charge in [-0.15, -0.1) is 0 Å². The van der Waals surface area contributed by atoms with Gasteiger partial charge in [0.15, 0.2) is 0 Å². The van der Waals surface area contributed by atoms with E-state index in [4.69, 9.17) is 4.55 Å². The summed E-state index contributed by atoms with van der Waals surface area (Å²) in [4.78, 5) is 0. The van der Waals surface area contributed by atoms with E-state index in [2.05, 4.69) is 4.74 Å². The molecule has 9 heteroatoms. The second-order valence-corrected chi connectivity index (χ2v) is 5.10. The SMILES string of the molecule is O=S(=O)(O)C(F)(F)COCC(O)c1ccccc1.[NaH]. The van der Waals surface area contributed by atoms with Crippen LogP contribution in [-0.4, -0.2) is 66.1 Å². The predicted molar refractivity (Wildman–Crippen MR) is 65.9 cm³/mol. The van der Waals surface area contributed by atoms with Gasteiger partial charge in [0.2, 0.25) is 0 Å². The molecular weight excluding hydrogens is 293 g/mol. The average molecular weight is 306 g/mol. The second kappa shape index (κ2) is 7.63. The van der Waals surface area contributed by atoms with Crippen molar-refractivity contribution in [3.05, 3.63) is 35.9 Å².